The normalized spacial score (nSPS) is 27.6. The summed E-state index contributed by atoms with van der Waals surface area (Å²) in [6.45, 7) is 4.05. The summed E-state index contributed by atoms with van der Waals surface area (Å²) in [5, 5.41) is 7.81. The summed E-state index contributed by atoms with van der Waals surface area (Å²) in [6, 6.07) is 0. The van der Waals surface area contributed by atoms with Gasteiger partial charge in [0.25, 0.3) is 0 Å². The highest BCUT2D eigenvalue weighted by Gasteiger charge is 2.36. The van der Waals surface area contributed by atoms with Crippen LogP contribution in [0.2, 0.25) is 0 Å². The van der Waals surface area contributed by atoms with Gasteiger partial charge < -0.3 is 5.32 Å². The van der Waals surface area contributed by atoms with Crippen molar-refractivity contribution in [3.63, 3.8) is 0 Å². The average molecular weight is 252 g/mol. The second-order valence-corrected chi connectivity index (χ2v) is 7.68. The molecule has 1 saturated heterocycles. The van der Waals surface area contributed by atoms with Crippen molar-refractivity contribution in [3.05, 3.63) is 0 Å². The van der Waals surface area contributed by atoms with Gasteiger partial charge in [-0.05, 0) is 25.0 Å². The first kappa shape index (κ1) is 11.9. The van der Waals surface area contributed by atoms with Crippen LogP contribution in [0, 0.1) is 0 Å². The van der Waals surface area contributed by atoms with Crippen LogP contribution in [0.15, 0.2) is 5.16 Å². The summed E-state index contributed by atoms with van der Waals surface area (Å²) in [5.74, 6) is 0. The second-order valence-electron chi connectivity index (χ2n) is 3.14. The Bertz CT molecular complexity index is 301. The molecule has 80 valence electrons. The summed E-state index contributed by atoms with van der Waals surface area (Å²) in [4.78, 5) is 15.4. The number of thioether (sulfide) groups is 1. The van der Waals surface area contributed by atoms with Crippen molar-refractivity contribution in [1.82, 2.24) is 5.32 Å². The van der Waals surface area contributed by atoms with E-state index in [0.717, 1.165) is 10.1 Å². The van der Waals surface area contributed by atoms with Gasteiger partial charge in [-0.3, -0.25) is 4.84 Å². The topological polar surface area (TPSA) is 50.7 Å². The SMILES string of the molecule is CNC(=O)ON=C1SCS(=S)C1(C)C. The highest BCUT2D eigenvalue weighted by Crippen LogP contribution is 2.33. The fraction of sp³-hybridized carbons (Fsp3) is 0.714. The Hall–Kier alpha value is -0.140. The van der Waals surface area contributed by atoms with E-state index in [1.807, 2.05) is 13.8 Å². The van der Waals surface area contributed by atoms with Crippen LogP contribution < -0.4 is 5.32 Å². The van der Waals surface area contributed by atoms with Gasteiger partial charge in [0.15, 0.2) is 0 Å². The van der Waals surface area contributed by atoms with Crippen molar-refractivity contribution in [2.75, 3.05) is 12.1 Å². The molecule has 0 aromatic heterocycles. The summed E-state index contributed by atoms with van der Waals surface area (Å²) >= 11 is 6.86. The van der Waals surface area contributed by atoms with Crippen LogP contribution in [-0.4, -0.2) is 28.0 Å². The Kier molecular flexibility index (Phi) is 3.91. The highest BCUT2D eigenvalue weighted by molar-refractivity contribution is 8.40. The minimum Gasteiger partial charge on any atom is -0.323 e. The smallest absolute Gasteiger partial charge is 0.323 e. The maximum absolute atomic E-state index is 10.8. The first-order chi connectivity index (χ1) is 6.48. The first-order valence-corrected chi connectivity index (χ1v) is 7.27. The van der Waals surface area contributed by atoms with Gasteiger partial charge in [0.05, 0.1) is 9.83 Å². The zero-order valence-corrected chi connectivity index (χ0v) is 10.6. The number of nitrogens with zero attached hydrogens (tertiary/aromatic N) is 1. The van der Waals surface area contributed by atoms with E-state index in [1.165, 1.54) is 7.05 Å². The van der Waals surface area contributed by atoms with Crippen molar-refractivity contribution in [3.8, 4) is 0 Å². The molecule has 14 heavy (non-hydrogen) atoms. The molecule has 1 unspecified atom stereocenters. The number of rotatable bonds is 1. The van der Waals surface area contributed by atoms with Gasteiger partial charge in [-0.2, -0.15) is 0 Å². The number of amides is 1. The van der Waals surface area contributed by atoms with E-state index in [2.05, 4.69) is 15.3 Å². The van der Waals surface area contributed by atoms with E-state index >= 15 is 0 Å². The molecule has 1 atom stereocenters. The minimum absolute atomic E-state index is 0.126. The van der Waals surface area contributed by atoms with E-state index in [0.29, 0.717) is 0 Å². The van der Waals surface area contributed by atoms with Gasteiger partial charge in [0, 0.05) is 7.05 Å². The lowest BCUT2D eigenvalue weighted by Crippen LogP contribution is -2.29. The third-order valence-electron chi connectivity index (χ3n) is 1.80. The van der Waals surface area contributed by atoms with Crippen molar-refractivity contribution in [2.45, 2.75) is 18.6 Å². The maximum atomic E-state index is 10.8. The Balaban J connectivity index is 2.70. The van der Waals surface area contributed by atoms with Gasteiger partial charge in [-0.15, -0.1) is 0 Å². The number of hydrogen-bond donors (Lipinski definition) is 1. The van der Waals surface area contributed by atoms with E-state index in [-0.39, 0.29) is 14.2 Å². The van der Waals surface area contributed by atoms with Crippen LogP contribution >= 0.6 is 11.8 Å². The lowest BCUT2D eigenvalue weighted by molar-refractivity contribution is 0.153. The predicted octanol–water partition coefficient (Wildman–Crippen LogP) is 1.22. The summed E-state index contributed by atoms with van der Waals surface area (Å²) < 4.78 is -0.145. The molecule has 1 fully saturated rings. The molecule has 0 aromatic rings. The fourth-order valence-corrected chi connectivity index (χ4v) is 4.82. The van der Waals surface area contributed by atoms with Gasteiger partial charge in [-0.1, -0.05) is 26.4 Å². The van der Waals surface area contributed by atoms with Crippen LogP contribution in [0.5, 0.6) is 0 Å². The largest absolute Gasteiger partial charge is 0.433 e. The summed E-state index contributed by atoms with van der Waals surface area (Å²) in [6.07, 6.45) is -0.551. The number of hydrogen-bond acceptors (Lipinski definition) is 5. The molecule has 0 radical (unpaired) electrons. The van der Waals surface area contributed by atoms with Gasteiger partial charge in [0.2, 0.25) is 0 Å². The molecular weight excluding hydrogens is 240 g/mol. The van der Waals surface area contributed by atoms with E-state index < -0.39 is 6.09 Å². The molecular formula is C7H12N2O2S3. The zero-order chi connectivity index (χ0) is 10.8. The van der Waals surface area contributed by atoms with Crippen LogP contribution in [0.25, 0.3) is 0 Å². The van der Waals surface area contributed by atoms with Crippen molar-refractivity contribution < 1.29 is 9.63 Å². The molecule has 4 nitrogen and oxygen atoms in total. The first-order valence-electron chi connectivity index (χ1n) is 3.97. The van der Waals surface area contributed by atoms with Crippen LogP contribution in [-0.2, 0) is 25.5 Å². The lowest BCUT2D eigenvalue weighted by Gasteiger charge is -2.16. The molecule has 1 amide bonds. The maximum Gasteiger partial charge on any atom is 0.433 e. The highest BCUT2D eigenvalue weighted by atomic mass is 32.8. The average Bonchev–Trinajstić information content (AvgIpc) is 2.39. The monoisotopic (exact) mass is 252 g/mol. The third-order valence-corrected chi connectivity index (χ3v) is 7.57. The van der Waals surface area contributed by atoms with Crippen molar-refractivity contribution in [1.29, 1.82) is 0 Å². The van der Waals surface area contributed by atoms with Crippen LogP contribution in [0.3, 0.4) is 0 Å². The predicted molar refractivity (Wildman–Crippen MR) is 64.2 cm³/mol. The van der Waals surface area contributed by atoms with Crippen molar-refractivity contribution >= 4 is 43.5 Å². The van der Waals surface area contributed by atoms with E-state index in [9.17, 15) is 4.79 Å². The van der Waals surface area contributed by atoms with E-state index in [1.54, 1.807) is 11.8 Å². The molecule has 1 aliphatic rings. The molecule has 1 N–H and O–H groups in total. The molecule has 7 heteroatoms. The fourth-order valence-electron chi connectivity index (χ4n) is 0.793. The summed E-state index contributed by atoms with van der Waals surface area (Å²) in [7, 11) is 1.37. The molecule has 0 aliphatic carbocycles. The van der Waals surface area contributed by atoms with Gasteiger partial charge in [0.1, 0.15) is 5.04 Å². The zero-order valence-electron chi connectivity index (χ0n) is 8.20. The molecule has 0 bridgehead atoms. The molecule has 1 aliphatic heterocycles. The summed E-state index contributed by atoms with van der Waals surface area (Å²) in [5.41, 5.74) is 0. The standard InChI is InChI=1S/C7H12N2O2S3/c1-7(2)5(13-4-14(7)12)9-11-6(10)8-3/h4H2,1-3H3,(H,8,10). The van der Waals surface area contributed by atoms with Gasteiger partial charge >= 0.3 is 6.09 Å². The van der Waals surface area contributed by atoms with Crippen LogP contribution in [0.1, 0.15) is 13.8 Å². The second kappa shape index (κ2) is 4.59. The number of carbonyl (C=O) groups is 1. The van der Waals surface area contributed by atoms with Crippen molar-refractivity contribution in [2.24, 2.45) is 5.16 Å². The minimum atomic E-state index is -0.551. The molecule has 1 heterocycles. The lowest BCUT2D eigenvalue weighted by atomic mass is 10.2. The Labute approximate surface area is 94.4 Å². The Morgan fingerprint density at radius 1 is 1.79 bits per heavy atom. The number of oxime groups is 1. The molecule has 1 rings (SSSR count). The number of carbonyl (C=O) groups excluding carboxylic acids is 1. The molecule has 0 saturated carbocycles. The van der Waals surface area contributed by atoms with Gasteiger partial charge in [-0.25, -0.2) is 4.79 Å². The number of nitrogens with one attached hydrogen (secondary N) is 1. The van der Waals surface area contributed by atoms with Crippen LogP contribution in [0.4, 0.5) is 4.79 Å². The Morgan fingerprint density at radius 3 is 2.86 bits per heavy atom. The Morgan fingerprint density at radius 2 is 2.43 bits per heavy atom. The molecule has 0 spiro atoms. The van der Waals surface area contributed by atoms with E-state index in [4.69, 9.17) is 11.2 Å². The molecule has 0 aromatic carbocycles. The third kappa shape index (κ3) is 2.46. The quantitative estimate of drug-likeness (QED) is 0.563.